The summed E-state index contributed by atoms with van der Waals surface area (Å²) in [6.45, 7) is 0.839. The lowest BCUT2D eigenvalue weighted by Crippen LogP contribution is -2.61. The van der Waals surface area contributed by atoms with Crippen LogP contribution < -0.4 is 4.74 Å². The van der Waals surface area contributed by atoms with Crippen LogP contribution in [0.3, 0.4) is 0 Å². The Morgan fingerprint density at radius 3 is 2.52 bits per heavy atom. The predicted molar refractivity (Wildman–Crippen MR) is 106 cm³/mol. The topological polar surface area (TPSA) is 73.6 Å². The molecule has 142 valence electrons. The van der Waals surface area contributed by atoms with E-state index in [0.29, 0.717) is 44.4 Å². The van der Waals surface area contributed by atoms with E-state index in [9.17, 15) is 9.32 Å². The second kappa shape index (κ2) is 8.36. The summed E-state index contributed by atoms with van der Waals surface area (Å²) in [4.78, 5) is 0.476. The van der Waals surface area contributed by atoms with Crippen molar-refractivity contribution in [1.82, 2.24) is 4.31 Å². The highest BCUT2D eigenvalue weighted by Gasteiger charge is 2.46. The molecular weight excluding hydrogens is 431 g/mol. The van der Waals surface area contributed by atoms with Gasteiger partial charge in [-0.3, -0.25) is 0 Å². The Hall–Kier alpha value is -1.33. The molecule has 5 nitrogen and oxygen atoms in total. The van der Waals surface area contributed by atoms with Gasteiger partial charge in [0.2, 0.25) is 0 Å². The monoisotopic (exact) mass is 444 g/mol. The quantitative estimate of drug-likeness (QED) is 0.731. The Morgan fingerprint density at radius 2 is 1.93 bits per heavy atom. The molecule has 0 aromatic heterocycles. The normalized spacial score (nSPS) is 17.0. The highest BCUT2D eigenvalue weighted by molar-refractivity contribution is 7.82. The van der Waals surface area contributed by atoms with Crippen molar-refractivity contribution in [2.75, 3.05) is 26.3 Å². The molecule has 27 heavy (non-hydrogen) atoms. The summed E-state index contributed by atoms with van der Waals surface area (Å²) < 4.78 is 20.1. The number of ether oxygens (including phenoxy) is 1. The fourth-order valence-corrected chi connectivity index (χ4v) is 5.04. The van der Waals surface area contributed by atoms with Crippen LogP contribution in [0.2, 0.25) is 15.1 Å². The van der Waals surface area contributed by atoms with Crippen LogP contribution in [0.5, 0.6) is 5.75 Å². The van der Waals surface area contributed by atoms with E-state index in [4.69, 9.17) is 44.8 Å². The molecule has 9 heteroatoms. The molecule has 2 aromatic carbocycles. The van der Waals surface area contributed by atoms with E-state index in [1.54, 1.807) is 34.6 Å². The smallest absolute Gasteiger partial charge is 0.138 e. The molecule has 0 bridgehead atoms. The number of hydrogen-bond donors (Lipinski definition) is 1. The van der Waals surface area contributed by atoms with Crippen molar-refractivity contribution >= 4 is 45.8 Å². The fraction of sp³-hybridized carbons (Fsp3) is 0.278. The summed E-state index contributed by atoms with van der Waals surface area (Å²) in [6.07, 6.45) is 0. The Labute approximate surface area is 174 Å². The lowest BCUT2D eigenvalue weighted by molar-refractivity contribution is -0.0249. The van der Waals surface area contributed by atoms with Gasteiger partial charge >= 0.3 is 0 Å². The third-order valence-electron chi connectivity index (χ3n) is 4.27. The van der Waals surface area contributed by atoms with Crippen LogP contribution in [0.25, 0.3) is 0 Å². The SMILES string of the molecule is N#Cc1ccc(OCC2(CO)CN(S(=O)c3ccc(Cl)cc3Cl)C2)c(Cl)c1. The summed E-state index contributed by atoms with van der Waals surface area (Å²) in [6, 6.07) is 11.6. The highest BCUT2D eigenvalue weighted by Crippen LogP contribution is 2.36. The number of aliphatic hydroxyl groups is 1. The highest BCUT2D eigenvalue weighted by atomic mass is 35.5. The van der Waals surface area contributed by atoms with E-state index < -0.39 is 16.4 Å². The Kier molecular flexibility index (Phi) is 6.32. The van der Waals surface area contributed by atoms with Crippen LogP contribution in [-0.4, -0.2) is 39.9 Å². The number of hydrogen-bond acceptors (Lipinski definition) is 4. The van der Waals surface area contributed by atoms with Crippen LogP contribution in [0.15, 0.2) is 41.3 Å². The van der Waals surface area contributed by atoms with E-state index in [1.165, 1.54) is 6.07 Å². The molecule has 1 saturated heterocycles. The molecule has 2 aromatic rings. The molecule has 1 heterocycles. The van der Waals surface area contributed by atoms with Crippen molar-refractivity contribution < 1.29 is 14.1 Å². The molecule has 1 aliphatic rings. The molecule has 0 amide bonds. The third kappa shape index (κ3) is 4.40. The van der Waals surface area contributed by atoms with Crippen molar-refractivity contribution in [2.45, 2.75) is 4.90 Å². The van der Waals surface area contributed by atoms with Gasteiger partial charge in [-0.05, 0) is 36.4 Å². The molecule has 1 N–H and O–H groups in total. The van der Waals surface area contributed by atoms with Gasteiger partial charge in [0.1, 0.15) is 16.7 Å². The zero-order valence-electron chi connectivity index (χ0n) is 14.0. The summed E-state index contributed by atoms with van der Waals surface area (Å²) in [5.41, 5.74) is -0.111. The number of aliphatic hydroxyl groups excluding tert-OH is 1. The van der Waals surface area contributed by atoms with Crippen molar-refractivity contribution in [3.63, 3.8) is 0 Å². The number of halogens is 3. The van der Waals surface area contributed by atoms with Gasteiger partial charge in [-0.25, -0.2) is 8.51 Å². The lowest BCUT2D eigenvalue weighted by Gasteiger charge is -2.47. The summed E-state index contributed by atoms with van der Waals surface area (Å²) in [5.74, 6) is 0.434. The van der Waals surface area contributed by atoms with E-state index in [0.717, 1.165) is 0 Å². The average molecular weight is 446 g/mol. The molecule has 0 aliphatic carbocycles. The number of nitriles is 1. The van der Waals surface area contributed by atoms with Gasteiger partial charge in [-0.1, -0.05) is 34.8 Å². The van der Waals surface area contributed by atoms with Crippen molar-refractivity contribution in [3.8, 4) is 11.8 Å². The second-order valence-electron chi connectivity index (χ2n) is 6.33. The molecule has 0 spiro atoms. The minimum Gasteiger partial charge on any atom is -0.491 e. The fourth-order valence-electron chi connectivity index (χ4n) is 2.73. The molecule has 0 saturated carbocycles. The molecule has 1 atom stereocenters. The van der Waals surface area contributed by atoms with Gasteiger partial charge in [-0.2, -0.15) is 5.26 Å². The van der Waals surface area contributed by atoms with Gasteiger partial charge in [0.25, 0.3) is 0 Å². The van der Waals surface area contributed by atoms with Crippen LogP contribution >= 0.6 is 34.8 Å². The average Bonchev–Trinajstić information content (AvgIpc) is 2.61. The first-order chi connectivity index (χ1) is 12.9. The Bertz CT molecular complexity index is 927. The van der Waals surface area contributed by atoms with Gasteiger partial charge in [-0.15, -0.1) is 0 Å². The summed E-state index contributed by atoms with van der Waals surface area (Å²) in [5, 5.41) is 19.8. The molecule has 1 fully saturated rings. The van der Waals surface area contributed by atoms with E-state index >= 15 is 0 Å². The van der Waals surface area contributed by atoms with Crippen molar-refractivity contribution in [3.05, 3.63) is 57.0 Å². The standard InChI is InChI=1S/C18H15Cl3N2O3S/c19-13-2-4-17(15(21)6-13)27(25)23-8-18(9-23,10-24)11-26-16-3-1-12(7-22)5-14(16)20/h1-6,24H,8-11H2. The van der Waals surface area contributed by atoms with Crippen molar-refractivity contribution in [1.29, 1.82) is 5.26 Å². The maximum absolute atomic E-state index is 12.7. The van der Waals surface area contributed by atoms with Crippen LogP contribution in [0, 0.1) is 16.7 Å². The predicted octanol–water partition coefficient (Wildman–Crippen LogP) is 3.91. The molecular formula is C18H15Cl3N2O3S. The maximum Gasteiger partial charge on any atom is 0.138 e. The zero-order chi connectivity index (χ0) is 19.6. The first-order valence-electron chi connectivity index (χ1n) is 7.93. The van der Waals surface area contributed by atoms with E-state index in [-0.39, 0.29) is 13.2 Å². The van der Waals surface area contributed by atoms with Gasteiger partial charge in [0.15, 0.2) is 0 Å². The lowest BCUT2D eigenvalue weighted by atomic mass is 9.83. The molecule has 3 rings (SSSR count). The first-order valence-corrected chi connectivity index (χ1v) is 10.2. The minimum atomic E-state index is -1.45. The number of rotatable bonds is 6. The third-order valence-corrected chi connectivity index (χ3v) is 6.69. The van der Waals surface area contributed by atoms with Gasteiger partial charge in [0.05, 0.1) is 45.2 Å². The number of nitrogens with zero attached hydrogens (tertiary/aromatic N) is 2. The Balaban J connectivity index is 1.64. The maximum atomic E-state index is 12.7. The molecule has 1 aliphatic heterocycles. The summed E-state index contributed by atoms with van der Waals surface area (Å²) in [7, 11) is -1.45. The molecule has 1 unspecified atom stereocenters. The van der Waals surface area contributed by atoms with E-state index in [1.807, 2.05) is 6.07 Å². The Morgan fingerprint density at radius 1 is 1.19 bits per heavy atom. The zero-order valence-corrected chi connectivity index (χ0v) is 17.1. The minimum absolute atomic E-state index is 0.122. The second-order valence-corrected chi connectivity index (χ2v) is 9.03. The summed E-state index contributed by atoms with van der Waals surface area (Å²) >= 11 is 18.1. The molecule has 0 radical (unpaired) electrons. The number of benzene rings is 2. The van der Waals surface area contributed by atoms with Crippen LogP contribution in [0.1, 0.15) is 5.56 Å². The largest absolute Gasteiger partial charge is 0.491 e. The van der Waals surface area contributed by atoms with Crippen molar-refractivity contribution in [2.24, 2.45) is 5.41 Å². The van der Waals surface area contributed by atoms with Crippen LogP contribution in [-0.2, 0) is 11.0 Å². The van der Waals surface area contributed by atoms with Gasteiger partial charge in [0, 0.05) is 18.1 Å². The van der Waals surface area contributed by atoms with Gasteiger partial charge < -0.3 is 9.84 Å². The van der Waals surface area contributed by atoms with Crippen LogP contribution in [0.4, 0.5) is 0 Å². The van der Waals surface area contributed by atoms with E-state index in [2.05, 4.69) is 0 Å². The first kappa shape index (κ1) is 20.4.